The van der Waals surface area contributed by atoms with Crippen LogP contribution in [0.25, 0.3) is 0 Å². The summed E-state index contributed by atoms with van der Waals surface area (Å²) in [5.74, 6) is -0.914. The van der Waals surface area contributed by atoms with E-state index in [-0.39, 0.29) is 13.2 Å². The van der Waals surface area contributed by atoms with Crippen molar-refractivity contribution in [3.63, 3.8) is 0 Å². The van der Waals surface area contributed by atoms with E-state index >= 15 is 0 Å². The van der Waals surface area contributed by atoms with Gasteiger partial charge >= 0.3 is 11.9 Å². The molecule has 0 aromatic rings. The Morgan fingerprint density at radius 3 is 2.52 bits per heavy atom. The van der Waals surface area contributed by atoms with E-state index in [2.05, 4.69) is 0 Å². The number of hydrogen-bond acceptors (Lipinski definition) is 7. The molecule has 0 radical (unpaired) electrons. The van der Waals surface area contributed by atoms with Crippen molar-refractivity contribution in [2.45, 2.75) is 71.9 Å². The molecule has 3 rings (SSSR count). The number of hydrogen-bond donors (Lipinski definition) is 2. The van der Waals surface area contributed by atoms with Crippen molar-refractivity contribution >= 4 is 11.9 Å². The molecule has 2 fully saturated rings. The lowest BCUT2D eigenvalue weighted by atomic mass is 9.47. The highest BCUT2D eigenvalue weighted by Gasteiger charge is 2.78. The molecule has 0 unspecified atom stereocenters. The molecule has 1 saturated carbocycles. The van der Waals surface area contributed by atoms with Crippen molar-refractivity contribution in [1.29, 1.82) is 0 Å². The topological polar surface area (TPSA) is 102 Å². The molecule has 0 amide bonds. The van der Waals surface area contributed by atoms with Gasteiger partial charge in [-0.1, -0.05) is 25.5 Å². The molecule has 1 aliphatic heterocycles. The molecule has 1 saturated heterocycles. The summed E-state index contributed by atoms with van der Waals surface area (Å²) >= 11 is 0. The van der Waals surface area contributed by atoms with E-state index in [9.17, 15) is 19.8 Å². The van der Waals surface area contributed by atoms with Gasteiger partial charge in [0.2, 0.25) is 0 Å². The zero-order valence-corrected chi connectivity index (χ0v) is 16.7. The molecule has 7 atom stereocenters. The Hall–Kier alpha value is -1.44. The lowest BCUT2D eigenvalue weighted by Gasteiger charge is -2.62. The van der Waals surface area contributed by atoms with Gasteiger partial charge in [-0.3, -0.25) is 9.59 Å². The number of ether oxygens (including phenoxy) is 3. The quantitative estimate of drug-likeness (QED) is 0.559. The summed E-state index contributed by atoms with van der Waals surface area (Å²) < 4.78 is 17.4. The van der Waals surface area contributed by atoms with Crippen molar-refractivity contribution in [3.8, 4) is 0 Å². The SMILES string of the molecule is CC(=O)OC[C@]12CCC(C)=C[C@H]1O[C@@H]1[C@H](O)[C@@H](OC(C)=O)[C@@]2(C)[C@]1(C)CO. The summed E-state index contributed by atoms with van der Waals surface area (Å²) in [7, 11) is 0. The lowest BCUT2D eigenvalue weighted by molar-refractivity contribution is -0.268. The van der Waals surface area contributed by atoms with Crippen LogP contribution in [0, 0.1) is 16.2 Å². The van der Waals surface area contributed by atoms with Gasteiger partial charge in [-0.2, -0.15) is 0 Å². The first-order chi connectivity index (χ1) is 12.5. The maximum Gasteiger partial charge on any atom is 0.303 e. The van der Waals surface area contributed by atoms with E-state index in [4.69, 9.17) is 14.2 Å². The van der Waals surface area contributed by atoms with Gasteiger partial charge in [0.05, 0.1) is 18.8 Å². The Balaban J connectivity index is 2.20. The first-order valence-corrected chi connectivity index (χ1v) is 9.46. The maximum atomic E-state index is 11.8. The Morgan fingerprint density at radius 1 is 1.30 bits per heavy atom. The molecule has 2 N–H and O–H groups in total. The van der Waals surface area contributed by atoms with Crippen molar-refractivity contribution in [2.24, 2.45) is 16.2 Å². The Bertz CT molecular complexity index is 673. The van der Waals surface area contributed by atoms with Crippen LogP contribution in [-0.2, 0) is 23.8 Å². The summed E-state index contributed by atoms with van der Waals surface area (Å²) in [5, 5.41) is 21.3. The number of carbonyl (C=O) groups excluding carboxylic acids is 2. The standard InChI is InChI=1S/C20H30O7/c1-11-6-7-20(10-25-12(2)22)14(8-11)27-16-15(24)17(26-13(3)23)19(20,5)18(16,4)9-21/h8,14-17,21,24H,6-7,9-10H2,1-5H3/t14-,15+,16-,17-,18-,19+,20-/m1/s1. The molecule has 7 heteroatoms. The van der Waals surface area contributed by atoms with Gasteiger partial charge < -0.3 is 24.4 Å². The summed E-state index contributed by atoms with van der Waals surface area (Å²) in [6.07, 6.45) is 0.361. The van der Waals surface area contributed by atoms with Gasteiger partial charge in [-0.15, -0.1) is 0 Å². The molecule has 2 aliphatic carbocycles. The minimum atomic E-state index is -1.08. The second-order valence-corrected chi connectivity index (χ2v) is 8.73. The summed E-state index contributed by atoms with van der Waals surface area (Å²) in [6, 6.07) is 0. The molecule has 1 heterocycles. The van der Waals surface area contributed by atoms with Crippen molar-refractivity contribution in [3.05, 3.63) is 11.6 Å². The fourth-order valence-electron chi connectivity index (χ4n) is 5.68. The number of allylic oxidation sites excluding steroid dienone is 1. The average molecular weight is 382 g/mol. The lowest BCUT2D eigenvalue weighted by Crippen LogP contribution is -2.67. The summed E-state index contributed by atoms with van der Waals surface area (Å²) in [6.45, 7) is 8.26. The monoisotopic (exact) mass is 382 g/mol. The van der Waals surface area contributed by atoms with E-state index in [1.165, 1.54) is 13.8 Å². The fourth-order valence-corrected chi connectivity index (χ4v) is 5.68. The first kappa shape index (κ1) is 20.3. The molecular formula is C20H30O7. The smallest absolute Gasteiger partial charge is 0.303 e. The van der Waals surface area contributed by atoms with Crippen LogP contribution in [0.3, 0.4) is 0 Å². The molecule has 2 bridgehead atoms. The van der Waals surface area contributed by atoms with Crippen LogP contribution < -0.4 is 0 Å². The number of aliphatic hydroxyl groups is 2. The van der Waals surface area contributed by atoms with E-state index in [1.54, 1.807) is 0 Å². The molecule has 3 aliphatic rings. The minimum absolute atomic E-state index is 0.0695. The molecule has 0 spiro atoms. The third-order valence-electron chi connectivity index (χ3n) is 7.43. The van der Waals surface area contributed by atoms with E-state index in [0.717, 1.165) is 12.0 Å². The predicted octanol–water partition coefficient (Wildman–Crippen LogP) is 1.35. The fraction of sp³-hybridized carbons (Fsp3) is 0.800. The van der Waals surface area contributed by atoms with E-state index in [1.807, 2.05) is 26.8 Å². The Morgan fingerprint density at radius 2 is 1.96 bits per heavy atom. The third-order valence-corrected chi connectivity index (χ3v) is 7.43. The van der Waals surface area contributed by atoms with Crippen LogP contribution in [0.5, 0.6) is 0 Å². The number of carbonyl (C=O) groups is 2. The van der Waals surface area contributed by atoms with E-state index in [0.29, 0.717) is 6.42 Å². The predicted molar refractivity (Wildman–Crippen MR) is 95.6 cm³/mol. The number of fused-ring (bicyclic) bond motifs is 4. The molecule has 0 aromatic carbocycles. The number of esters is 2. The molecule has 7 nitrogen and oxygen atoms in total. The summed E-state index contributed by atoms with van der Waals surface area (Å²) in [5.41, 5.74) is -1.31. The van der Waals surface area contributed by atoms with E-state index < -0.39 is 52.6 Å². The van der Waals surface area contributed by atoms with Crippen molar-refractivity contribution in [2.75, 3.05) is 13.2 Å². The van der Waals surface area contributed by atoms with Gasteiger partial charge in [-0.25, -0.2) is 0 Å². The normalized spacial score (nSPS) is 45.7. The maximum absolute atomic E-state index is 11.8. The van der Waals surface area contributed by atoms with Crippen LogP contribution in [-0.4, -0.2) is 59.8 Å². The van der Waals surface area contributed by atoms with Gasteiger partial charge in [0, 0.05) is 30.1 Å². The molecule has 152 valence electrons. The molecular weight excluding hydrogens is 352 g/mol. The van der Waals surface area contributed by atoms with Gasteiger partial charge in [0.1, 0.15) is 18.8 Å². The van der Waals surface area contributed by atoms with Crippen LogP contribution in [0.15, 0.2) is 11.6 Å². The largest absolute Gasteiger partial charge is 0.465 e. The highest BCUT2D eigenvalue weighted by Crippen LogP contribution is 2.70. The Kier molecular flexibility index (Phi) is 4.94. The zero-order chi connectivity index (χ0) is 20.2. The second kappa shape index (κ2) is 6.57. The van der Waals surface area contributed by atoms with Crippen LogP contribution in [0.2, 0.25) is 0 Å². The van der Waals surface area contributed by atoms with Gasteiger partial charge in [-0.05, 0) is 19.8 Å². The zero-order valence-electron chi connectivity index (χ0n) is 16.7. The Labute approximate surface area is 159 Å². The first-order valence-electron chi connectivity index (χ1n) is 9.46. The molecule has 0 aromatic heterocycles. The van der Waals surface area contributed by atoms with Gasteiger partial charge in [0.25, 0.3) is 0 Å². The number of aliphatic hydroxyl groups excluding tert-OH is 2. The van der Waals surface area contributed by atoms with Crippen molar-refractivity contribution in [1.82, 2.24) is 0 Å². The van der Waals surface area contributed by atoms with Gasteiger partial charge in [0.15, 0.2) is 0 Å². The van der Waals surface area contributed by atoms with Crippen LogP contribution >= 0.6 is 0 Å². The highest BCUT2D eigenvalue weighted by atomic mass is 16.6. The second-order valence-electron chi connectivity index (χ2n) is 8.73. The third kappa shape index (κ3) is 2.58. The highest BCUT2D eigenvalue weighted by molar-refractivity contribution is 5.67. The average Bonchev–Trinajstić information content (AvgIpc) is 2.70. The number of rotatable bonds is 4. The van der Waals surface area contributed by atoms with Crippen LogP contribution in [0.1, 0.15) is 47.5 Å². The minimum Gasteiger partial charge on any atom is -0.465 e. The summed E-state index contributed by atoms with van der Waals surface area (Å²) in [4.78, 5) is 23.4. The molecule has 27 heavy (non-hydrogen) atoms. The van der Waals surface area contributed by atoms with Crippen molar-refractivity contribution < 1.29 is 34.0 Å². The van der Waals surface area contributed by atoms with Crippen LogP contribution in [0.4, 0.5) is 0 Å².